The van der Waals surface area contributed by atoms with E-state index in [4.69, 9.17) is 0 Å². The van der Waals surface area contributed by atoms with Crippen LogP contribution in [-0.4, -0.2) is 28.0 Å². The molecule has 0 fully saturated rings. The number of carbonyl (C=O) groups is 2. The number of anilines is 1. The zero-order chi connectivity index (χ0) is 24.1. The fourth-order valence-corrected chi connectivity index (χ4v) is 5.21. The Morgan fingerprint density at radius 2 is 1.89 bits per heavy atom. The van der Waals surface area contributed by atoms with Crippen molar-refractivity contribution in [2.75, 3.05) is 5.32 Å². The van der Waals surface area contributed by atoms with E-state index in [1.165, 1.54) is 11.1 Å². The minimum absolute atomic E-state index is 0.0469. The highest BCUT2D eigenvalue weighted by Gasteiger charge is 2.30. The number of aryl methyl sites for hydroxylation is 1. The maximum atomic E-state index is 13.2. The van der Waals surface area contributed by atoms with Crippen LogP contribution >= 0.6 is 0 Å². The van der Waals surface area contributed by atoms with Gasteiger partial charge in [-0.15, -0.1) is 0 Å². The second-order valence-electron chi connectivity index (χ2n) is 9.46. The smallest absolute Gasteiger partial charge is 0.272 e. The number of hydrazone groups is 1. The van der Waals surface area contributed by atoms with Gasteiger partial charge in [0.2, 0.25) is 5.91 Å². The number of nitrogens with one attached hydrogen (secondary N) is 3. The molecule has 0 bridgehead atoms. The molecule has 35 heavy (non-hydrogen) atoms. The van der Waals surface area contributed by atoms with E-state index in [0.717, 1.165) is 46.3 Å². The summed E-state index contributed by atoms with van der Waals surface area (Å²) in [6.07, 6.45) is 5.26. The predicted molar refractivity (Wildman–Crippen MR) is 136 cm³/mol. The first-order valence-corrected chi connectivity index (χ1v) is 11.8. The molecule has 2 aromatic heterocycles. The second kappa shape index (κ2) is 8.20. The van der Waals surface area contributed by atoms with Crippen LogP contribution in [0.5, 0.6) is 0 Å². The summed E-state index contributed by atoms with van der Waals surface area (Å²) in [5.74, 6) is -0.266. The summed E-state index contributed by atoms with van der Waals surface area (Å²) >= 11 is 0. The summed E-state index contributed by atoms with van der Waals surface area (Å²) in [7, 11) is 0. The van der Waals surface area contributed by atoms with Crippen molar-refractivity contribution >= 4 is 34.6 Å². The van der Waals surface area contributed by atoms with Crippen LogP contribution in [0.1, 0.15) is 39.7 Å². The van der Waals surface area contributed by atoms with Gasteiger partial charge >= 0.3 is 0 Å². The van der Waals surface area contributed by atoms with Gasteiger partial charge in [0.25, 0.3) is 5.91 Å². The molecule has 4 aromatic rings. The van der Waals surface area contributed by atoms with E-state index in [2.05, 4.69) is 50.1 Å². The van der Waals surface area contributed by atoms with Crippen molar-refractivity contribution in [1.82, 2.24) is 15.4 Å². The first kappa shape index (κ1) is 21.3. The summed E-state index contributed by atoms with van der Waals surface area (Å²) in [6, 6.07) is 15.9. The fourth-order valence-electron chi connectivity index (χ4n) is 5.21. The molecule has 6 rings (SSSR count). The topological polar surface area (TPSA) is 99.2 Å². The first-order valence-electron chi connectivity index (χ1n) is 11.8. The average Bonchev–Trinajstić information content (AvgIpc) is 3.40. The van der Waals surface area contributed by atoms with Crippen molar-refractivity contribution in [3.63, 3.8) is 0 Å². The third kappa shape index (κ3) is 3.69. The van der Waals surface area contributed by atoms with E-state index in [-0.39, 0.29) is 23.7 Å². The van der Waals surface area contributed by atoms with Gasteiger partial charge in [0.15, 0.2) is 0 Å². The van der Waals surface area contributed by atoms with E-state index < -0.39 is 0 Å². The molecular formula is C28H25N5O2. The maximum Gasteiger partial charge on any atom is 0.272 e. The van der Waals surface area contributed by atoms with Crippen LogP contribution in [0.15, 0.2) is 59.8 Å². The SMILES string of the molecule is Cc1ccc(-c2[nH]c3cc(NC(=O)[C@H](C)C4Cc5ccccc5C4)cc4c3c2C=NNC4=O)cn1. The summed E-state index contributed by atoms with van der Waals surface area (Å²) in [4.78, 5) is 33.9. The molecule has 3 heterocycles. The van der Waals surface area contributed by atoms with Crippen molar-refractivity contribution in [1.29, 1.82) is 0 Å². The Morgan fingerprint density at radius 3 is 2.60 bits per heavy atom. The van der Waals surface area contributed by atoms with Gasteiger partial charge in [0.05, 0.1) is 17.5 Å². The average molecular weight is 464 g/mol. The highest BCUT2D eigenvalue weighted by Crippen LogP contribution is 2.35. The van der Waals surface area contributed by atoms with Gasteiger partial charge < -0.3 is 10.3 Å². The lowest BCUT2D eigenvalue weighted by atomic mass is 9.90. The Bertz CT molecular complexity index is 1490. The van der Waals surface area contributed by atoms with E-state index in [0.29, 0.717) is 11.3 Å². The zero-order valence-corrected chi connectivity index (χ0v) is 19.6. The number of H-pyrrole nitrogens is 1. The molecule has 0 saturated carbocycles. The van der Waals surface area contributed by atoms with Gasteiger partial charge in [-0.1, -0.05) is 31.2 Å². The number of aromatic nitrogens is 2. The number of rotatable bonds is 4. The predicted octanol–water partition coefficient (Wildman–Crippen LogP) is 4.61. The molecule has 7 heteroatoms. The van der Waals surface area contributed by atoms with Crippen LogP contribution in [0.3, 0.4) is 0 Å². The van der Waals surface area contributed by atoms with Crippen LogP contribution in [0.4, 0.5) is 5.69 Å². The van der Waals surface area contributed by atoms with Crippen molar-refractivity contribution in [2.45, 2.75) is 26.7 Å². The van der Waals surface area contributed by atoms with Crippen molar-refractivity contribution < 1.29 is 9.59 Å². The van der Waals surface area contributed by atoms with Gasteiger partial charge in [0, 0.05) is 45.5 Å². The Kier molecular flexibility index (Phi) is 4.99. The highest BCUT2D eigenvalue weighted by atomic mass is 16.2. The Balaban J connectivity index is 1.34. The molecule has 0 unspecified atom stereocenters. The van der Waals surface area contributed by atoms with E-state index in [1.54, 1.807) is 18.5 Å². The molecule has 1 aliphatic carbocycles. The van der Waals surface area contributed by atoms with Crippen molar-refractivity contribution in [3.8, 4) is 11.3 Å². The third-order valence-corrected chi connectivity index (χ3v) is 7.21. The summed E-state index contributed by atoms with van der Waals surface area (Å²) < 4.78 is 0. The Hall–Kier alpha value is -4.26. The number of aromatic amines is 1. The van der Waals surface area contributed by atoms with Gasteiger partial charge in [-0.3, -0.25) is 14.6 Å². The maximum absolute atomic E-state index is 13.2. The molecule has 7 nitrogen and oxygen atoms in total. The van der Waals surface area contributed by atoms with Crippen molar-refractivity contribution in [3.05, 3.63) is 82.7 Å². The second-order valence-corrected chi connectivity index (χ2v) is 9.46. The molecule has 0 saturated heterocycles. The molecule has 174 valence electrons. The number of pyridine rings is 1. The Labute approximate surface area is 202 Å². The number of carbonyl (C=O) groups excluding carboxylic acids is 2. The summed E-state index contributed by atoms with van der Waals surface area (Å²) in [6.45, 7) is 3.92. The zero-order valence-electron chi connectivity index (χ0n) is 19.6. The van der Waals surface area contributed by atoms with Crippen LogP contribution in [0.25, 0.3) is 22.2 Å². The van der Waals surface area contributed by atoms with E-state index >= 15 is 0 Å². The Morgan fingerprint density at radius 1 is 1.11 bits per heavy atom. The van der Waals surface area contributed by atoms with Crippen LogP contribution in [0.2, 0.25) is 0 Å². The van der Waals surface area contributed by atoms with Crippen LogP contribution in [0, 0.1) is 18.8 Å². The third-order valence-electron chi connectivity index (χ3n) is 7.21. The standard InChI is InChI=1S/C28H25N5O2/c1-15-7-8-19(13-29-15)26-23-14-30-33-28(35)22-11-21(12-24(32-26)25(22)23)31-27(34)16(2)20-9-17-5-3-4-6-18(17)10-20/h3-8,11-14,16,20,32H,9-10H2,1-2H3,(H,31,34)(H,33,35)/t16-/m1/s1. The largest absolute Gasteiger partial charge is 0.354 e. The lowest BCUT2D eigenvalue weighted by Crippen LogP contribution is -2.27. The lowest BCUT2D eigenvalue weighted by molar-refractivity contribution is -0.120. The normalized spacial score (nSPS) is 15.5. The quantitative estimate of drug-likeness (QED) is 0.412. The molecule has 2 amide bonds. The number of hydrogen-bond donors (Lipinski definition) is 3. The molecule has 1 aliphatic heterocycles. The van der Waals surface area contributed by atoms with E-state index in [9.17, 15) is 9.59 Å². The number of amides is 2. The fraction of sp³-hybridized carbons (Fsp3) is 0.214. The highest BCUT2D eigenvalue weighted by molar-refractivity contribution is 6.18. The molecule has 1 atom stereocenters. The number of hydrogen-bond acceptors (Lipinski definition) is 4. The lowest BCUT2D eigenvalue weighted by Gasteiger charge is -2.19. The molecule has 2 aromatic carbocycles. The van der Waals surface area contributed by atoms with Gasteiger partial charge in [0.1, 0.15) is 0 Å². The van der Waals surface area contributed by atoms with Gasteiger partial charge in [-0.25, -0.2) is 5.43 Å². The van der Waals surface area contributed by atoms with Gasteiger partial charge in [-0.05, 0) is 61.1 Å². The molecule has 0 spiro atoms. The minimum atomic E-state index is -0.312. The first-order chi connectivity index (χ1) is 17.0. The van der Waals surface area contributed by atoms with Crippen LogP contribution < -0.4 is 10.7 Å². The number of nitrogens with zero attached hydrogens (tertiary/aromatic N) is 2. The molecule has 2 aliphatic rings. The monoisotopic (exact) mass is 463 g/mol. The molecular weight excluding hydrogens is 438 g/mol. The number of fused-ring (bicyclic) bond motifs is 1. The molecule has 0 radical (unpaired) electrons. The minimum Gasteiger partial charge on any atom is -0.354 e. The summed E-state index contributed by atoms with van der Waals surface area (Å²) in [5, 5.41) is 7.94. The summed E-state index contributed by atoms with van der Waals surface area (Å²) in [5.41, 5.74) is 10.5. The van der Waals surface area contributed by atoms with Gasteiger partial charge in [-0.2, -0.15) is 5.10 Å². The van der Waals surface area contributed by atoms with E-state index in [1.807, 2.05) is 32.0 Å². The number of benzene rings is 2. The molecule has 3 N–H and O–H groups in total. The van der Waals surface area contributed by atoms with Crippen molar-refractivity contribution in [2.24, 2.45) is 16.9 Å². The van der Waals surface area contributed by atoms with Crippen LogP contribution in [-0.2, 0) is 17.6 Å².